The van der Waals surface area contributed by atoms with Crippen LogP contribution in [0.5, 0.6) is 5.75 Å². The number of rotatable bonds is 7. The predicted octanol–water partition coefficient (Wildman–Crippen LogP) is 3.64. The average molecular weight is 369 g/mol. The molecule has 0 aliphatic rings. The van der Waals surface area contributed by atoms with Crippen LogP contribution in [0, 0.1) is 10.1 Å². The van der Waals surface area contributed by atoms with E-state index < -0.39 is 4.92 Å². The van der Waals surface area contributed by atoms with Crippen molar-refractivity contribution < 1.29 is 14.5 Å². The van der Waals surface area contributed by atoms with Crippen molar-refractivity contribution in [3.63, 3.8) is 0 Å². The molecular weight excluding hydrogens is 355 g/mol. The van der Waals surface area contributed by atoms with E-state index in [2.05, 4.69) is 5.32 Å². The Hall–Kier alpha value is -2.31. The number of nitro benzene ring substituents is 1. The van der Waals surface area contributed by atoms with E-state index >= 15 is 0 Å². The first-order valence-corrected chi connectivity index (χ1v) is 7.79. The second kappa shape index (κ2) is 8.52. The second-order valence-corrected chi connectivity index (χ2v) is 5.72. The summed E-state index contributed by atoms with van der Waals surface area (Å²) >= 11 is 11.9. The van der Waals surface area contributed by atoms with E-state index in [0.29, 0.717) is 23.0 Å². The molecule has 0 aliphatic heterocycles. The molecule has 24 heavy (non-hydrogen) atoms. The molecule has 1 amide bonds. The van der Waals surface area contributed by atoms with Crippen molar-refractivity contribution in [2.45, 2.75) is 6.42 Å². The smallest absolute Gasteiger partial charge is 0.273 e. The predicted molar refractivity (Wildman–Crippen MR) is 91.8 cm³/mol. The van der Waals surface area contributed by atoms with E-state index in [1.54, 1.807) is 24.3 Å². The highest BCUT2D eigenvalue weighted by Gasteiger charge is 2.08. The van der Waals surface area contributed by atoms with Crippen LogP contribution in [0.25, 0.3) is 0 Å². The summed E-state index contributed by atoms with van der Waals surface area (Å²) in [7, 11) is 0. The van der Waals surface area contributed by atoms with Crippen LogP contribution in [0.15, 0.2) is 42.5 Å². The highest BCUT2D eigenvalue weighted by atomic mass is 35.5. The Labute approximate surface area is 148 Å². The minimum Gasteiger partial charge on any atom is -0.484 e. The molecule has 8 heteroatoms. The van der Waals surface area contributed by atoms with E-state index in [1.807, 2.05) is 0 Å². The first kappa shape index (κ1) is 18.0. The maximum Gasteiger partial charge on any atom is 0.273 e. The van der Waals surface area contributed by atoms with Crippen molar-refractivity contribution in [1.82, 2.24) is 5.32 Å². The highest BCUT2D eigenvalue weighted by molar-refractivity contribution is 6.35. The largest absolute Gasteiger partial charge is 0.484 e. The first-order chi connectivity index (χ1) is 11.5. The number of carbonyl (C=O) groups is 1. The molecule has 2 aromatic rings. The van der Waals surface area contributed by atoms with Crippen LogP contribution in [0.3, 0.4) is 0 Å². The lowest BCUT2D eigenvalue weighted by molar-refractivity contribution is -0.384. The molecule has 0 radical (unpaired) electrons. The summed E-state index contributed by atoms with van der Waals surface area (Å²) in [6.45, 7) is 0.161. The normalized spacial score (nSPS) is 10.2. The molecule has 2 rings (SSSR count). The topological polar surface area (TPSA) is 81.5 Å². The Morgan fingerprint density at radius 1 is 1.21 bits per heavy atom. The molecule has 0 unspecified atom stereocenters. The zero-order valence-corrected chi connectivity index (χ0v) is 14.0. The van der Waals surface area contributed by atoms with Crippen LogP contribution in [-0.4, -0.2) is 24.0 Å². The maximum atomic E-state index is 11.7. The van der Waals surface area contributed by atoms with Gasteiger partial charge >= 0.3 is 0 Å². The van der Waals surface area contributed by atoms with Gasteiger partial charge in [0.1, 0.15) is 5.75 Å². The molecular formula is C16H14Cl2N2O4. The van der Waals surface area contributed by atoms with Gasteiger partial charge in [-0.1, -0.05) is 35.3 Å². The third-order valence-corrected chi connectivity index (χ3v) is 3.72. The SMILES string of the molecule is O=C(COc1cccc([N+](=O)[O-])c1)NCCc1ccc(Cl)cc1Cl. The second-order valence-electron chi connectivity index (χ2n) is 4.88. The molecule has 1 N–H and O–H groups in total. The Balaban J connectivity index is 1.77. The number of benzene rings is 2. The quantitative estimate of drug-likeness (QED) is 0.597. The summed E-state index contributed by atoms with van der Waals surface area (Å²) in [6.07, 6.45) is 0.554. The highest BCUT2D eigenvalue weighted by Crippen LogP contribution is 2.21. The summed E-state index contributed by atoms with van der Waals surface area (Å²) in [5.41, 5.74) is 0.784. The zero-order valence-electron chi connectivity index (χ0n) is 12.5. The van der Waals surface area contributed by atoms with E-state index in [1.165, 1.54) is 18.2 Å². The van der Waals surface area contributed by atoms with Gasteiger partial charge in [0, 0.05) is 22.7 Å². The van der Waals surface area contributed by atoms with Gasteiger partial charge in [0.05, 0.1) is 11.0 Å². The molecule has 126 valence electrons. The first-order valence-electron chi connectivity index (χ1n) is 7.03. The van der Waals surface area contributed by atoms with E-state index in [4.69, 9.17) is 27.9 Å². The van der Waals surface area contributed by atoms with Crippen LogP contribution >= 0.6 is 23.2 Å². The summed E-state index contributed by atoms with van der Waals surface area (Å²) in [6, 6.07) is 10.8. The fourth-order valence-corrected chi connectivity index (χ4v) is 2.45. The molecule has 0 fully saturated rings. The van der Waals surface area contributed by atoms with Crippen LogP contribution in [0.1, 0.15) is 5.56 Å². The molecule has 0 atom stereocenters. The average Bonchev–Trinajstić information content (AvgIpc) is 2.55. The Morgan fingerprint density at radius 2 is 2.00 bits per heavy atom. The third-order valence-electron chi connectivity index (χ3n) is 3.13. The number of nitro groups is 1. The number of hydrogen-bond donors (Lipinski definition) is 1. The van der Waals surface area contributed by atoms with Crippen LogP contribution in [0.4, 0.5) is 5.69 Å². The van der Waals surface area contributed by atoms with Gasteiger partial charge in [0.15, 0.2) is 6.61 Å². The molecule has 0 heterocycles. The minimum absolute atomic E-state index is 0.0923. The molecule has 0 bridgehead atoms. The van der Waals surface area contributed by atoms with E-state index in [9.17, 15) is 14.9 Å². The number of halogens is 2. The number of nitrogens with zero attached hydrogens (tertiary/aromatic N) is 1. The van der Waals surface area contributed by atoms with Gasteiger partial charge in [-0.15, -0.1) is 0 Å². The minimum atomic E-state index is -0.525. The van der Waals surface area contributed by atoms with Gasteiger partial charge in [0.25, 0.3) is 11.6 Å². The van der Waals surface area contributed by atoms with Gasteiger partial charge in [-0.3, -0.25) is 14.9 Å². The van der Waals surface area contributed by atoms with Gasteiger partial charge < -0.3 is 10.1 Å². The lowest BCUT2D eigenvalue weighted by Gasteiger charge is -2.08. The van der Waals surface area contributed by atoms with Crippen molar-refractivity contribution >= 4 is 34.8 Å². The fourth-order valence-electron chi connectivity index (χ4n) is 1.95. The van der Waals surface area contributed by atoms with Crippen LogP contribution in [-0.2, 0) is 11.2 Å². The standard InChI is InChI=1S/C16H14Cl2N2O4/c17-12-5-4-11(15(18)8-12)6-7-19-16(21)10-24-14-3-1-2-13(9-14)20(22)23/h1-5,8-9H,6-7,10H2,(H,19,21). The van der Waals surface area contributed by atoms with Crippen molar-refractivity contribution in [2.75, 3.05) is 13.2 Å². The molecule has 0 saturated carbocycles. The van der Waals surface area contributed by atoms with E-state index in [-0.39, 0.29) is 24.0 Å². The molecule has 0 aliphatic carbocycles. The van der Waals surface area contributed by atoms with E-state index in [0.717, 1.165) is 5.56 Å². The molecule has 0 aromatic heterocycles. The zero-order chi connectivity index (χ0) is 17.5. The summed E-state index contributed by atoms with van der Waals surface area (Å²) in [4.78, 5) is 21.9. The van der Waals surface area contributed by atoms with Gasteiger partial charge in [-0.05, 0) is 30.2 Å². The van der Waals surface area contributed by atoms with Crippen molar-refractivity contribution in [1.29, 1.82) is 0 Å². The Bertz CT molecular complexity index is 753. The maximum absolute atomic E-state index is 11.7. The number of amides is 1. The Morgan fingerprint density at radius 3 is 2.71 bits per heavy atom. The van der Waals surface area contributed by atoms with Gasteiger partial charge in [-0.25, -0.2) is 0 Å². The fraction of sp³-hybridized carbons (Fsp3) is 0.188. The molecule has 2 aromatic carbocycles. The molecule has 6 nitrogen and oxygen atoms in total. The third kappa shape index (κ3) is 5.40. The lowest BCUT2D eigenvalue weighted by atomic mass is 10.1. The number of ether oxygens (including phenoxy) is 1. The molecule has 0 saturated heterocycles. The monoisotopic (exact) mass is 368 g/mol. The van der Waals surface area contributed by atoms with Gasteiger partial charge in [-0.2, -0.15) is 0 Å². The van der Waals surface area contributed by atoms with Crippen LogP contribution < -0.4 is 10.1 Å². The summed E-state index contributed by atoms with van der Waals surface area (Å²) in [5, 5.41) is 14.5. The summed E-state index contributed by atoms with van der Waals surface area (Å²) < 4.78 is 5.24. The van der Waals surface area contributed by atoms with Crippen molar-refractivity contribution in [3.8, 4) is 5.75 Å². The summed E-state index contributed by atoms with van der Waals surface area (Å²) in [5.74, 6) is -0.0633. The lowest BCUT2D eigenvalue weighted by Crippen LogP contribution is -2.30. The number of hydrogen-bond acceptors (Lipinski definition) is 4. The van der Waals surface area contributed by atoms with Crippen LogP contribution in [0.2, 0.25) is 10.0 Å². The van der Waals surface area contributed by atoms with Crippen molar-refractivity contribution in [2.24, 2.45) is 0 Å². The number of carbonyl (C=O) groups excluding carboxylic acids is 1. The molecule has 0 spiro atoms. The Kier molecular flexibility index (Phi) is 6.40. The van der Waals surface area contributed by atoms with Gasteiger partial charge in [0.2, 0.25) is 0 Å². The number of nitrogens with one attached hydrogen (secondary N) is 1. The van der Waals surface area contributed by atoms with Crippen molar-refractivity contribution in [3.05, 3.63) is 68.2 Å². The number of non-ortho nitro benzene ring substituents is 1.